The second-order valence-corrected chi connectivity index (χ2v) is 2.85. The molecule has 0 saturated carbocycles. The predicted molar refractivity (Wildman–Crippen MR) is 43.5 cm³/mol. The molecule has 1 rings (SSSR count). The summed E-state index contributed by atoms with van der Waals surface area (Å²) in [4.78, 5) is 3.62. The van der Waals surface area contributed by atoms with Gasteiger partial charge in [0.05, 0.1) is 3.57 Å². The maximum absolute atomic E-state index is 12.7. The summed E-state index contributed by atoms with van der Waals surface area (Å²) in [5.41, 5.74) is 0. The molecule has 5 heteroatoms. The molecule has 0 bridgehead atoms. The zero-order valence-electron chi connectivity index (χ0n) is 5.35. The second kappa shape index (κ2) is 3.80. The number of nitrogens with zero attached hydrogens (tertiary/aromatic N) is 1. The summed E-state index contributed by atoms with van der Waals surface area (Å²) in [7, 11) is 0. The maximum atomic E-state index is 12.7. The predicted octanol–water partition coefficient (Wildman–Crippen LogP) is 2.13. The van der Waals surface area contributed by atoms with Crippen molar-refractivity contribution >= 4 is 22.6 Å². The number of pyridine rings is 1. The van der Waals surface area contributed by atoms with E-state index in [0.29, 0.717) is 3.57 Å². The zero-order valence-corrected chi connectivity index (χ0v) is 7.51. The summed E-state index contributed by atoms with van der Waals surface area (Å²) < 4.78 is 28.9. The van der Waals surface area contributed by atoms with Crippen LogP contribution in [0, 0.1) is 9.39 Å². The third kappa shape index (κ3) is 2.25. The molecule has 0 spiro atoms. The van der Waals surface area contributed by atoms with Gasteiger partial charge in [-0.15, -0.1) is 0 Å². The van der Waals surface area contributed by atoms with Crippen molar-refractivity contribution < 1.29 is 13.5 Å². The number of ether oxygens (including phenoxy) is 1. The van der Waals surface area contributed by atoms with Crippen LogP contribution in [0.3, 0.4) is 0 Å². The van der Waals surface area contributed by atoms with Crippen LogP contribution in [0.1, 0.15) is 0 Å². The van der Waals surface area contributed by atoms with Gasteiger partial charge in [-0.1, -0.05) is 0 Å². The molecule has 0 unspecified atom stereocenters. The lowest BCUT2D eigenvalue weighted by molar-refractivity contribution is 0.184. The molecule has 60 valence electrons. The summed E-state index contributed by atoms with van der Waals surface area (Å²) in [5, 5.41) is 0. The monoisotopic (exact) mass is 271 g/mol. The summed E-state index contributed by atoms with van der Waals surface area (Å²) in [6.45, 7) is -0.993. The molecular weight excluding hydrogens is 267 g/mol. The van der Waals surface area contributed by atoms with Gasteiger partial charge in [-0.3, -0.25) is 0 Å². The van der Waals surface area contributed by atoms with Crippen molar-refractivity contribution in [1.82, 2.24) is 4.98 Å². The molecule has 0 aliphatic carbocycles. The summed E-state index contributed by atoms with van der Waals surface area (Å²) in [6, 6.07) is 1.04. The summed E-state index contributed by atoms with van der Waals surface area (Å²) in [6.07, 6.45) is 1.28. The highest BCUT2D eigenvalue weighted by atomic mass is 127. The summed E-state index contributed by atoms with van der Waals surface area (Å²) in [5.74, 6) is -0.491. The Balaban J connectivity index is 2.86. The van der Waals surface area contributed by atoms with Crippen molar-refractivity contribution in [2.45, 2.75) is 0 Å². The Morgan fingerprint density at radius 3 is 2.91 bits per heavy atom. The SMILES string of the molecule is FCOc1cc(F)c(I)cn1. The van der Waals surface area contributed by atoms with Crippen LogP contribution >= 0.6 is 22.6 Å². The van der Waals surface area contributed by atoms with Gasteiger partial charge in [0.1, 0.15) is 5.82 Å². The van der Waals surface area contributed by atoms with Crippen molar-refractivity contribution in [3.63, 3.8) is 0 Å². The number of hydrogen-bond acceptors (Lipinski definition) is 2. The van der Waals surface area contributed by atoms with Gasteiger partial charge in [0.2, 0.25) is 12.7 Å². The van der Waals surface area contributed by atoms with Gasteiger partial charge >= 0.3 is 0 Å². The fourth-order valence-corrected chi connectivity index (χ4v) is 0.826. The molecule has 0 fully saturated rings. The standard InChI is InChI=1S/C6H4F2INO/c7-3-11-6-1-4(8)5(9)2-10-6/h1-2H,3H2. The van der Waals surface area contributed by atoms with E-state index in [0.717, 1.165) is 6.07 Å². The van der Waals surface area contributed by atoms with Crippen LogP contribution in [0.5, 0.6) is 5.88 Å². The van der Waals surface area contributed by atoms with Gasteiger partial charge in [-0.2, -0.15) is 0 Å². The molecule has 1 aromatic rings. The highest BCUT2D eigenvalue weighted by Gasteiger charge is 2.01. The van der Waals surface area contributed by atoms with Crippen molar-refractivity contribution in [2.75, 3.05) is 6.86 Å². The minimum absolute atomic E-state index is 0.0367. The fraction of sp³-hybridized carbons (Fsp3) is 0.167. The molecule has 1 aromatic heterocycles. The number of hydrogen-bond donors (Lipinski definition) is 0. The normalized spacial score (nSPS) is 9.73. The lowest BCUT2D eigenvalue weighted by atomic mass is 10.5. The van der Waals surface area contributed by atoms with Crippen molar-refractivity contribution in [1.29, 1.82) is 0 Å². The van der Waals surface area contributed by atoms with Crippen LogP contribution in [0.15, 0.2) is 12.3 Å². The summed E-state index contributed by atoms with van der Waals surface area (Å²) >= 11 is 1.78. The van der Waals surface area contributed by atoms with E-state index in [4.69, 9.17) is 0 Å². The van der Waals surface area contributed by atoms with E-state index in [1.807, 2.05) is 0 Å². The van der Waals surface area contributed by atoms with Crippen LogP contribution in [0.4, 0.5) is 8.78 Å². The van der Waals surface area contributed by atoms with Gasteiger partial charge in [0, 0.05) is 12.3 Å². The number of halogens is 3. The van der Waals surface area contributed by atoms with Crippen LogP contribution in [0.2, 0.25) is 0 Å². The molecule has 0 aliphatic rings. The van der Waals surface area contributed by atoms with E-state index in [1.54, 1.807) is 22.6 Å². The van der Waals surface area contributed by atoms with Crippen molar-refractivity contribution in [2.24, 2.45) is 0 Å². The van der Waals surface area contributed by atoms with Gasteiger partial charge in [0.15, 0.2) is 0 Å². The minimum atomic E-state index is -0.993. The number of aromatic nitrogens is 1. The molecule has 0 amide bonds. The quantitative estimate of drug-likeness (QED) is 0.769. The highest BCUT2D eigenvalue weighted by molar-refractivity contribution is 14.1. The number of alkyl halides is 1. The Labute approximate surface area is 75.7 Å². The molecule has 1 heterocycles. The van der Waals surface area contributed by atoms with E-state index in [-0.39, 0.29) is 5.88 Å². The number of rotatable bonds is 2. The Hall–Kier alpha value is -0.460. The minimum Gasteiger partial charge on any atom is -0.446 e. The Morgan fingerprint density at radius 2 is 2.36 bits per heavy atom. The van der Waals surface area contributed by atoms with Gasteiger partial charge < -0.3 is 4.74 Å². The molecule has 2 nitrogen and oxygen atoms in total. The lowest BCUT2D eigenvalue weighted by Gasteiger charge is -1.99. The van der Waals surface area contributed by atoms with Crippen LogP contribution in [-0.2, 0) is 0 Å². The van der Waals surface area contributed by atoms with Crippen LogP contribution in [0.25, 0.3) is 0 Å². The average Bonchev–Trinajstić information content (AvgIpc) is 1.98. The van der Waals surface area contributed by atoms with E-state index < -0.39 is 12.7 Å². The second-order valence-electron chi connectivity index (χ2n) is 1.69. The van der Waals surface area contributed by atoms with E-state index >= 15 is 0 Å². The molecule has 0 N–H and O–H groups in total. The van der Waals surface area contributed by atoms with Gasteiger partial charge in [-0.25, -0.2) is 13.8 Å². The third-order valence-corrected chi connectivity index (χ3v) is 1.78. The fourth-order valence-electron chi connectivity index (χ4n) is 0.531. The smallest absolute Gasteiger partial charge is 0.230 e. The Bertz CT molecular complexity index is 256. The molecule has 0 atom stereocenters. The Morgan fingerprint density at radius 1 is 1.64 bits per heavy atom. The molecule has 0 aromatic carbocycles. The van der Waals surface area contributed by atoms with Crippen molar-refractivity contribution in [3.05, 3.63) is 21.7 Å². The van der Waals surface area contributed by atoms with Crippen molar-refractivity contribution in [3.8, 4) is 5.88 Å². The molecule has 0 aliphatic heterocycles. The van der Waals surface area contributed by atoms with E-state index in [2.05, 4.69) is 9.72 Å². The Kier molecular flexibility index (Phi) is 2.98. The molecule has 0 saturated heterocycles. The molecule has 0 radical (unpaired) electrons. The first-order chi connectivity index (χ1) is 5.24. The first-order valence-corrected chi connectivity index (χ1v) is 3.81. The topological polar surface area (TPSA) is 22.1 Å². The highest BCUT2D eigenvalue weighted by Crippen LogP contribution is 2.14. The van der Waals surface area contributed by atoms with Gasteiger partial charge in [-0.05, 0) is 22.6 Å². The average molecular weight is 271 g/mol. The molecular formula is C6H4F2INO. The zero-order chi connectivity index (χ0) is 8.27. The largest absolute Gasteiger partial charge is 0.446 e. The first-order valence-electron chi connectivity index (χ1n) is 2.74. The first kappa shape index (κ1) is 8.63. The van der Waals surface area contributed by atoms with Gasteiger partial charge in [0.25, 0.3) is 0 Å². The van der Waals surface area contributed by atoms with Crippen LogP contribution in [-0.4, -0.2) is 11.8 Å². The van der Waals surface area contributed by atoms with E-state index in [1.165, 1.54) is 6.20 Å². The lowest BCUT2D eigenvalue weighted by Crippen LogP contribution is -1.94. The van der Waals surface area contributed by atoms with E-state index in [9.17, 15) is 8.78 Å². The third-order valence-electron chi connectivity index (χ3n) is 0.986. The maximum Gasteiger partial charge on any atom is 0.230 e. The molecule has 11 heavy (non-hydrogen) atoms. The van der Waals surface area contributed by atoms with Crippen LogP contribution < -0.4 is 4.74 Å².